The van der Waals surface area contributed by atoms with Crippen LogP contribution in [0.4, 0.5) is 4.39 Å². The van der Waals surface area contributed by atoms with Crippen LogP contribution in [-0.4, -0.2) is 35.7 Å². The van der Waals surface area contributed by atoms with Gasteiger partial charge in [0.2, 0.25) is 0 Å². The van der Waals surface area contributed by atoms with Crippen molar-refractivity contribution in [1.29, 1.82) is 0 Å². The fraction of sp³-hybridized carbons (Fsp3) is 0.429. The lowest BCUT2D eigenvalue weighted by Gasteiger charge is -2.40. The number of hydrogen-bond donors (Lipinski definition) is 1. The SMILES string of the molecule is O[C@H]1CCN2CC=C(c3cccc(F)c3)[C@@H]1C2. The minimum absolute atomic E-state index is 0.138. The van der Waals surface area contributed by atoms with Gasteiger partial charge in [0.05, 0.1) is 6.10 Å². The zero-order valence-electron chi connectivity index (χ0n) is 9.64. The molecule has 1 saturated heterocycles. The van der Waals surface area contributed by atoms with Gasteiger partial charge in [-0.3, -0.25) is 4.90 Å². The number of aliphatic hydroxyl groups excluding tert-OH is 1. The quantitative estimate of drug-likeness (QED) is 0.801. The molecule has 0 amide bonds. The molecule has 2 aliphatic heterocycles. The van der Waals surface area contributed by atoms with Gasteiger partial charge in [-0.1, -0.05) is 18.2 Å². The molecular weight excluding hydrogens is 217 g/mol. The zero-order chi connectivity index (χ0) is 11.8. The van der Waals surface area contributed by atoms with Crippen LogP contribution in [0.3, 0.4) is 0 Å². The molecule has 2 heterocycles. The summed E-state index contributed by atoms with van der Waals surface area (Å²) in [7, 11) is 0. The molecule has 1 unspecified atom stereocenters. The molecule has 2 nitrogen and oxygen atoms in total. The first kappa shape index (κ1) is 10.9. The predicted molar refractivity (Wildman–Crippen MR) is 64.9 cm³/mol. The van der Waals surface area contributed by atoms with Crippen molar-refractivity contribution in [3.8, 4) is 0 Å². The van der Waals surface area contributed by atoms with Crippen LogP contribution in [0.15, 0.2) is 30.3 Å². The number of halogens is 1. The molecule has 0 spiro atoms. The zero-order valence-corrected chi connectivity index (χ0v) is 9.64. The highest BCUT2D eigenvalue weighted by Gasteiger charge is 2.33. The molecule has 1 aromatic carbocycles. The molecule has 90 valence electrons. The van der Waals surface area contributed by atoms with Crippen molar-refractivity contribution >= 4 is 5.57 Å². The van der Waals surface area contributed by atoms with Gasteiger partial charge in [-0.25, -0.2) is 4.39 Å². The van der Waals surface area contributed by atoms with E-state index in [9.17, 15) is 9.50 Å². The fourth-order valence-corrected chi connectivity index (χ4v) is 2.86. The average Bonchev–Trinajstić information content (AvgIpc) is 2.34. The molecule has 1 aromatic rings. The maximum atomic E-state index is 13.2. The van der Waals surface area contributed by atoms with Gasteiger partial charge in [0.1, 0.15) is 5.82 Å². The van der Waals surface area contributed by atoms with Crippen LogP contribution in [0.1, 0.15) is 12.0 Å². The molecular formula is C14H16FNO. The number of rotatable bonds is 1. The Balaban J connectivity index is 1.97. The highest BCUT2D eigenvalue weighted by molar-refractivity contribution is 5.69. The van der Waals surface area contributed by atoms with Crippen molar-refractivity contribution in [1.82, 2.24) is 4.90 Å². The Morgan fingerprint density at radius 3 is 3.06 bits per heavy atom. The summed E-state index contributed by atoms with van der Waals surface area (Å²) >= 11 is 0. The number of fused-ring (bicyclic) bond motifs is 2. The normalized spacial score (nSPS) is 32.1. The van der Waals surface area contributed by atoms with Crippen LogP contribution in [0, 0.1) is 11.7 Å². The van der Waals surface area contributed by atoms with Gasteiger partial charge in [-0.15, -0.1) is 0 Å². The number of benzene rings is 1. The van der Waals surface area contributed by atoms with Gasteiger partial charge in [0.15, 0.2) is 0 Å². The summed E-state index contributed by atoms with van der Waals surface area (Å²) in [6.07, 6.45) is 2.66. The third-order valence-electron chi connectivity index (χ3n) is 3.79. The van der Waals surface area contributed by atoms with Gasteiger partial charge >= 0.3 is 0 Å². The first-order chi connectivity index (χ1) is 8.24. The van der Waals surface area contributed by atoms with Crippen molar-refractivity contribution in [2.45, 2.75) is 12.5 Å². The Hall–Kier alpha value is -1.19. The monoisotopic (exact) mass is 233 g/mol. The van der Waals surface area contributed by atoms with E-state index in [-0.39, 0.29) is 17.8 Å². The fourth-order valence-electron chi connectivity index (χ4n) is 2.86. The Kier molecular flexibility index (Phi) is 2.73. The van der Waals surface area contributed by atoms with Gasteiger partial charge in [-0.05, 0) is 29.7 Å². The molecule has 1 N–H and O–H groups in total. The van der Waals surface area contributed by atoms with E-state index in [1.165, 1.54) is 6.07 Å². The van der Waals surface area contributed by atoms with Crippen LogP contribution < -0.4 is 0 Å². The summed E-state index contributed by atoms with van der Waals surface area (Å²) in [6, 6.07) is 6.66. The Labute approximate surface area is 100 Å². The van der Waals surface area contributed by atoms with E-state index in [1.807, 2.05) is 6.07 Å². The van der Waals surface area contributed by atoms with Gasteiger partial charge in [0.25, 0.3) is 0 Å². The van der Waals surface area contributed by atoms with Crippen LogP contribution >= 0.6 is 0 Å². The summed E-state index contributed by atoms with van der Waals surface area (Å²) in [5, 5.41) is 10.1. The largest absolute Gasteiger partial charge is 0.392 e. The summed E-state index contributed by atoms with van der Waals surface area (Å²) < 4.78 is 13.2. The molecule has 3 rings (SSSR count). The van der Waals surface area contributed by atoms with Crippen LogP contribution in [0.2, 0.25) is 0 Å². The standard InChI is InChI=1S/C14H16FNO/c15-11-3-1-2-10(8-11)12-4-6-16-7-5-14(17)13(12)9-16/h1-4,8,13-14,17H,5-7,9H2/t13-,14-/m0/s1. The van der Waals surface area contributed by atoms with E-state index in [1.54, 1.807) is 12.1 Å². The lowest BCUT2D eigenvalue weighted by molar-refractivity contribution is 0.0508. The third kappa shape index (κ3) is 2.01. The number of nitrogens with zero attached hydrogens (tertiary/aromatic N) is 1. The van der Waals surface area contributed by atoms with Crippen molar-refractivity contribution in [2.24, 2.45) is 5.92 Å². The van der Waals surface area contributed by atoms with Gasteiger partial charge in [0, 0.05) is 25.6 Å². The summed E-state index contributed by atoms with van der Waals surface area (Å²) in [6.45, 7) is 2.77. The smallest absolute Gasteiger partial charge is 0.123 e. The third-order valence-corrected chi connectivity index (χ3v) is 3.79. The second kappa shape index (κ2) is 4.24. The first-order valence-corrected chi connectivity index (χ1v) is 6.10. The van der Waals surface area contributed by atoms with E-state index < -0.39 is 0 Å². The van der Waals surface area contributed by atoms with Crippen molar-refractivity contribution in [2.75, 3.05) is 19.6 Å². The van der Waals surface area contributed by atoms with E-state index in [0.717, 1.165) is 37.2 Å². The molecule has 3 atom stereocenters. The van der Waals surface area contributed by atoms with E-state index in [4.69, 9.17) is 0 Å². The summed E-state index contributed by atoms with van der Waals surface area (Å²) in [5.74, 6) is -0.0737. The molecule has 3 heteroatoms. The van der Waals surface area contributed by atoms with Crippen molar-refractivity contribution < 1.29 is 9.50 Å². The molecule has 0 saturated carbocycles. The second-order valence-electron chi connectivity index (χ2n) is 4.89. The molecule has 1 fully saturated rings. The maximum absolute atomic E-state index is 13.2. The Morgan fingerprint density at radius 1 is 1.35 bits per heavy atom. The van der Waals surface area contributed by atoms with E-state index in [2.05, 4.69) is 11.0 Å². The molecule has 0 aromatic heterocycles. The summed E-state index contributed by atoms with van der Waals surface area (Å²) in [5.41, 5.74) is 2.02. The molecule has 0 radical (unpaired) electrons. The Bertz CT molecular complexity index is 457. The van der Waals surface area contributed by atoms with E-state index in [0.29, 0.717) is 0 Å². The minimum Gasteiger partial charge on any atom is -0.392 e. The lowest BCUT2D eigenvalue weighted by Crippen LogP contribution is -2.46. The second-order valence-corrected chi connectivity index (χ2v) is 4.89. The van der Waals surface area contributed by atoms with Crippen LogP contribution in [0.25, 0.3) is 5.57 Å². The first-order valence-electron chi connectivity index (χ1n) is 6.10. The Morgan fingerprint density at radius 2 is 2.24 bits per heavy atom. The topological polar surface area (TPSA) is 23.5 Å². The lowest BCUT2D eigenvalue weighted by atomic mass is 9.81. The van der Waals surface area contributed by atoms with Gasteiger partial charge < -0.3 is 5.11 Å². The minimum atomic E-state index is -0.291. The molecule has 2 aliphatic rings. The van der Waals surface area contributed by atoms with Crippen molar-refractivity contribution in [3.05, 3.63) is 41.7 Å². The van der Waals surface area contributed by atoms with E-state index >= 15 is 0 Å². The number of aliphatic hydroxyl groups is 1. The summed E-state index contributed by atoms with van der Waals surface area (Å²) in [4.78, 5) is 2.33. The maximum Gasteiger partial charge on any atom is 0.123 e. The molecule has 0 aliphatic carbocycles. The number of hydrogen-bond acceptors (Lipinski definition) is 2. The van der Waals surface area contributed by atoms with Crippen molar-refractivity contribution in [3.63, 3.8) is 0 Å². The van der Waals surface area contributed by atoms with Gasteiger partial charge in [-0.2, -0.15) is 0 Å². The highest BCUT2D eigenvalue weighted by atomic mass is 19.1. The van der Waals surface area contributed by atoms with Crippen LogP contribution in [-0.2, 0) is 0 Å². The number of piperidine rings is 1. The predicted octanol–water partition coefficient (Wildman–Crippen LogP) is 1.91. The highest BCUT2D eigenvalue weighted by Crippen LogP contribution is 2.34. The van der Waals surface area contributed by atoms with Crippen LogP contribution in [0.5, 0.6) is 0 Å². The molecule has 17 heavy (non-hydrogen) atoms. The average molecular weight is 233 g/mol. The molecule has 2 bridgehead atoms.